The Morgan fingerprint density at radius 3 is 2.14 bits per heavy atom. The van der Waals surface area contributed by atoms with Crippen LogP contribution < -0.4 is 5.32 Å². The van der Waals surface area contributed by atoms with Crippen LogP contribution in [0.3, 0.4) is 0 Å². The van der Waals surface area contributed by atoms with Gasteiger partial charge in [-0.1, -0.05) is 12.2 Å². The second kappa shape index (κ2) is 5.21. The minimum absolute atomic E-state index is 0.0810. The highest BCUT2D eigenvalue weighted by Crippen LogP contribution is 1.93. The standard InChI is InChI=1S/C10H16N2O2/c1-7(2)6-9(13)11-8(3)10(14)12(4)5/h6H,3H2,1-2,4-5H3,(H,11,13). The highest BCUT2D eigenvalue weighted by atomic mass is 16.2. The predicted molar refractivity (Wildman–Crippen MR) is 55.4 cm³/mol. The summed E-state index contributed by atoms with van der Waals surface area (Å²) in [6.07, 6.45) is 1.41. The Morgan fingerprint density at radius 2 is 1.79 bits per heavy atom. The summed E-state index contributed by atoms with van der Waals surface area (Å²) < 4.78 is 0. The monoisotopic (exact) mass is 196 g/mol. The number of nitrogens with one attached hydrogen (secondary N) is 1. The van der Waals surface area contributed by atoms with E-state index in [1.807, 2.05) is 0 Å². The van der Waals surface area contributed by atoms with Crippen LogP contribution in [0.5, 0.6) is 0 Å². The van der Waals surface area contributed by atoms with Crippen LogP contribution in [-0.4, -0.2) is 30.8 Å². The Morgan fingerprint density at radius 1 is 1.29 bits per heavy atom. The first-order valence-corrected chi connectivity index (χ1v) is 4.21. The first kappa shape index (κ1) is 12.4. The maximum atomic E-state index is 11.3. The molecule has 0 atom stereocenters. The topological polar surface area (TPSA) is 49.4 Å². The van der Waals surface area contributed by atoms with Gasteiger partial charge in [-0.25, -0.2) is 0 Å². The van der Waals surface area contributed by atoms with E-state index >= 15 is 0 Å². The molecule has 4 nitrogen and oxygen atoms in total. The second-order valence-electron chi connectivity index (χ2n) is 3.39. The number of hydrogen-bond donors (Lipinski definition) is 1. The Balaban J connectivity index is 4.28. The van der Waals surface area contributed by atoms with Crippen LogP contribution in [0.1, 0.15) is 13.8 Å². The fourth-order valence-electron chi connectivity index (χ4n) is 0.770. The molecule has 0 heterocycles. The highest BCUT2D eigenvalue weighted by Gasteiger charge is 2.10. The van der Waals surface area contributed by atoms with Crippen LogP contribution >= 0.6 is 0 Å². The molecule has 0 aromatic carbocycles. The van der Waals surface area contributed by atoms with E-state index in [1.54, 1.807) is 27.9 Å². The lowest BCUT2D eigenvalue weighted by atomic mass is 10.3. The molecule has 0 unspecified atom stereocenters. The van der Waals surface area contributed by atoms with Crippen molar-refractivity contribution >= 4 is 11.8 Å². The molecule has 0 saturated heterocycles. The first-order chi connectivity index (χ1) is 6.34. The van der Waals surface area contributed by atoms with Gasteiger partial charge < -0.3 is 10.2 Å². The molecule has 2 amide bonds. The number of likely N-dealkylation sites (N-methyl/N-ethyl adjacent to an activating group) is 1. The molecule has 1 N–H and O–H groups in total. The van der Waals surface area contributed by atoms with Crippen molar-refractivity contribution in [3.8, 4) is 0 Å². The third-order valence-corrected chi connectivity index (χ3v) is 1.36. The van der Waals surface area contributed by atoms with E-state index in [0.717, 1.165) is 5.57 Å². The molecule has 78 valence electrons. The average molecular weight is 196 g/mol. The van der Waals surface area contributed by atoms with Gasteiger partial charge in [0.1, 0.15) is 0 Å². The van der Waals surface area contributed by atoms with E-state index in [2.05, 4.69) is 11.9 Å². The van der Waals surface area contributed by atoms with Gasteiger partial charge in [0.05, 0.1) is 5.70 Å². The first-order valence-electron chi connectivity index (χ1n) is 4.21. The van der Waals surface area contributed by atoms with Gasteiger partial charge in [-0.2, -0.15) is 0 Å². The molecule has 0 rings (SSSR count). The third-order valence-electron chi connectivity index (χ3n) is 1.36. The van der Waals surface area contributed by atoms with Gasteiger partial charge in [0.25, 0.3) is 5.91 Å². The number of hydrogen-bond acceptors (Lipinski definition) is 2. The van der Waals surface area contributed by atoms with E-state index in [-0.39, 0.29) is 17.5 Å². The van der Waals surface area contributed by atoms with Crippen molar-refractivity contribution in [3.05, 3.63) is 23.9 Å². The molecule has 0 radical (unpaired) electrons. The molecular formula is C10H16N2O2. The van der Waals surface area contributed by atoms with Crippen molar-refractivity contribution in [3.63, 3.8) is 0 Å². The zero-order chi connectivity index (χ0) is 11.3. The summed E-state index contributed by atoms with van der Waals surface area (Å²) in [4.78, 5) is 23.8. The Kier molecular flexibility index (Phi) is 4.63. The molecule has 0 aliphatic heterocycles. The number of allylic oxidation sites excluding steroid dienone is 1. The van der Waals surface area contributed by atoms with Gasteiger partial charge in [0, 0.05) is 20.2 Å². The predicted octanol–water partition coefficient (Wildman–Crippen LogP) is 0.671. The number of carbonyl (C=O) groups excluding carboxylic acids is 2. The minimum Gasteiger partial charge on any atom is -0.344 e. The lowest BCUT2D eigenvalue weighted by Gasteiger charge is -2.12. The van der Waals surface area contributed by atoms with E-state index in [0.29, 0.717) is 0 Å². The van der Waals surface area contributed by atoms with Crippen LogP contribution in [0.15, 0.2) is 23.9 Å². The van der Waals surface area contributed by atoms with Crippen molar-refractivity contribution in [2.75, 3.05) is 14.1 Å². The molecule has 0 aromatic rings. The van der Waals surface area contributed by atoms with E-state index in [9.17, 15) is 9.59 Å². The van der Waals surface area contributed by atoms with Crippen molar-refractivity contribution < 1.29 is 9.59 Å². The molecular weight excluding hydrogens is 180 g/mol. The van der Waals surface area contributed by atoms with Crippen molar-refractivity contribution in [2.45, 2.75) is 13.8 Å². The van der Waals surface area contributed by atoms with Gasteiger partial charge in [-0.05, 0) is 13.8 Å². The number of carbonyl (C=O) groups is 2. The highest BCUT2D eigenvalue weighted by molar-refractivity contribution is 5.99. The maximum Gasteiger partial charge on any atom is 0.269 e. The van der Waals surface area contributed by atoms with Gasteiger partial charge in [0.15, 0.2) is 0 Å². The van der Waals surface area contributed by atoms with Gasteiger partial charge in [0.2, 0.25) is 5.91 Å². The molecule has 0 aliphatic rings. The van der Waals surface area contributed by atoms with Crippen LogP contribution in [0.4, 0.5) is 0 Å². The molecule has 0 aromatic heterocycles. The summed E-state index contributed by atoms with van der Waals surface area (Å²) in [6.45, 7) is 7.07. The fourth-order valence-corrected chi connectivity index (χ4v) is 0.770. The number of rotatable bonds is 3. The lowest BCUT2D eigenvalue weighted by molar-refractivity contribution is -0.126. The fraction of sp³-hybridized carbons (Fsp3) is 0.400. The summed E-state index contributed by atoms with van der Waals surface area (Å²) in [7, 11) is 3.20. The molecule has 4 heteroatoms. The van der Waals surface area contributed by atoms with Crippen molar-refractivity contribution in [2.24, 2.45) is 0 Å². The van der Waals surface area contributed by atoms with Gasteiger partial charge in [-0.15, -0.1) is 0 Å². The number of nitrogens with zero attached hydrogens (tertiary/aromatic N) is 1. The zero-order valence-corrected chi connectivity index (χ0v) is 9.05. The van der Waals surface area contributed by atoms with E-state index < -0.39 is 0 Å². The third kappa shape index (κ3) is 4.45. The quantitative estimate of drug-likeness (QED) is 0.674. The second-order valence-corrected chi connectivity index (χ2v) is 3.39. The summed E-state index contributed by atoms with van der Waals surface area (Å²) >= 11 is 0. The van der Waals surface area contributed by atoms with Crippen molar-refractivity contribution in [1.82, 2.24) is 10.2 Å². The summed E-state index contributed by atoms with van der Waals surface area (Å²) in [5.41, 5.74) is 0.949. The Bertz CT molecular complexity index is 286. The van der Waals surface area contributed by atoms with Crippen LogP contribution in [0, 0.1) is 0 Å². The molecule has 0 aliphatic carbocycles. The van der Waals surface area contributed by atoms with Crippen LogP contribution in [-0.2, 0) is 9.59 Å². The van der Waals surface area contributed by atoms with E-state index in [4.69, 9.17) is 0 Å². The van der Waals surface area contributed by atoms with Gasteiger partial charge in [-0.3, -0.25) is 9.59 Å². The molecule has 0 spiro atoms. The Labute approximate surface area is 84.3 Å². The van der Waals surface area contributed by atoms with Crippen LogP contribution in [0.2, 0.25) is 0 Å². The largest absolute Gasteiger partial charge is 0.344 e. The average Bonchev–Trinajstić information content (AvgIpc) is 2.00. The lowest BCUT2D eigenvalue weighted by Crippen LogP contribution is -2.32. The zero-order valence-electron chi connectivity index (χ0n) is 9.05. The molecule has 0 fully saturated rings. The molecule has 0 saturated carbocycles. The summed E-state index contributed by atoms with van der Waals surface area (Å²) in [6, 6.07) is 0. The Hall–Kier alpha value is -1.58. The van der Waals surface area contributed by atoms with Gasteiger partial charge >= 0.3 is 0 Å². The molecule has 14 heavy (non-hydrogen) atoms. The number of amides is 2. The van der Waals surface area contributed by atoms with Crippen molar-refractivity contribution in [1.29, 1.82) is 0 Å². The summed E-state index contributed by atoms with van der Waals surface area (Å²) in [5.74, 6) is -0.634. The molecule has 0 bridgehead atoms. The maximum absolute atomic E-state index is 11.3. The normalized spacial score (nSPS) is 8.86. The smallest absolute Gasteiger partial charge is 0.269 e. The summed E-state index contributed by atoms with van der Waals surface area (Å²) in [5, 5.41) is 2.39. The van der Waals surface area contributed by atoms with Crippen LogP contribution in [0.25, 0.3) is 0 Å². The van der Waals surface area contributed by atoms with E-state index in [1.165, 1.54) is 11.0 Å². The minimum atomic E-state index is -0.329. The SMILES string of the molecule is C=C(NC(=O)C=C(C)C)C(=O)N(C)C.